The zero-order chi connectivity index (χ0) is 25.7. The second-order valence-electron chi connectivity index (χ2n) is 9.53. The Morgan fingerprint density at radius 1 is 1.14 bits per heavy atom. The van der Waals surface area contributed by atoms with Gasteiger partial charge in [0, 0.05) is 51.5 Å². The summed E-state index contributed by atoms with van der Waals surface area (Å²) in [5.41, 5.74) is 1.56. The fraction of sp³-hybridized carbons (Fsp3) is 0.600. The first-order valence-electron chi connectivity index (χ1n) is 12.6. The van der Waals surface area contributed by atoms with Crippen LogP contribution in [0.3, 0.4) is 0 Å². The number of benzene rings is 1. The summed E-state index contributed by atoms with van der Waals surface area (Å²) in [6.07, 6.45) is 2.20. The van der Waals surface area contributed by atoms with Crippen LogP contribution >= 0.6 is 0 Å². The van der Waals surface area contributed by atoms with Crippen LogP contribution in [-0.4, -0.2) is 88.2 Å². The second kappa shape index (κ2) is 11.6. The number of ether oxygens (including phenoxy) is 1. The number of sulfonamides is 1. The summed E-state index contributed by atoms with van der Waals surface area (Å²) in [7, 11) is -2.06. The van der Waals surface area contributed by atoms with Gasteiger partial charge in [-0.2, -0.15) is 4.31 Å². The van der Waals surface area contributed by atoms with E-state index in [1.54, 1.807) is 21.0 Å². The van der Waals surface area contributed by atoms with E-state index in [0.29, 0.717) is 31.6 Å². The molecular weight excluding hydrogens is 482 g/mol. The van der Waals surface area contributed by atoms with Crippen molar-refractivity contribution in [2.24, 2.45) is 5.92 Å². The molecule has 2 fully saturated rings. The van der Waals surface area contributed by atoms with Gasteiger partial charge in [0.25, 0.3) is 0 Å². The molecule has 0 spiro atoms. The molecule has 1 atom stereocenters. The molecule has 2 aliphatic rings. The topological polar surface area (TPSA) is 108 Å². The molecular formula is C25H37N5O5S. The van der Waals surface area contributed by atoms with Gasteiger partial charge in [-0.1, -0.05) is 5.16 Å². The van der Waals surface area contributed by atoms with Gasteiger partial charge in [-0.15, -0.1) is 0 Å². The lowest BCUT2D eigenvalue weighted by molar-refractivity contribution is -0.126. The summed E-state index contributed by atoms with van der Waals surface area (Å²) in [4.78, 5) is 17.7. The highest BCUT2D eigenvalue weighted by Gasteiger charge is 2.36. The van der Waals surface area contributed by atoms with Crippen LogP contribution in [0.2, 0.25) is 0 Å². The fourth-order valence-corrected chi connectivity index (χ4v) is 6.84. The molecule has 2 aromatic rings. The van der Waals surface area contributed by atoms with E-state index < -0.39 is 10.0 Å². The Labute approximate surface area is 213 Å². The molecule has 0 saturated carbocycles. The average molecular weight is 520 g/mol. The Morgan fingerprint density at radius 3 is 2.50 bits per heavy atom. The van der Waals surface area contributed by atoms with Crippen LogP contribution in [0, 0.1) is 19.8 Å². The zero-order valence-corrected chi connectivity index (χ0v) is 22.2. The third-order valence-corrected chi connectivity index (χ3v) is 9.19. The number of hydrogen-bond acceptors (Lipinski definition) is 8. The normalized spacial score (nSPS) is 19.9. The lowest BCUT2D eigenvalue weighted by Crippen LogP contribution is -2.47. The highest BCUT2D eigenvalue weighted by molar-refractivity contribution is 7.89. The Morgan fingerprint density at radius 2 is 1.86 bits per heavy atom. The predicted octanol–water partition coefficient (Wildman–Crippen LogP) is 2.03. The van der Waals surface area contributed by atoms with Crippen molar-refractivity contribution in [2.45, 2.75) is 38.0 Å². The number of aryl methyl sites for hydroxylation is 2. The number of piperidine rings is 1. The Bertz CT molecular complexity index is 1110. The molecule has 0 bridgehead atoms. The summed E-state index contributed by atoms with van der Waals surface area (Å²) < 4.78 is 37.9. The molecule has 0 aliphatic carbocycles. The predicted molar refractivity (Wildman–Crippen MR) is 137 cm³/mol. The van der Waals surface area contributed by atoms with Gasteiger partial charge >= 0.3 is 0 Å². The molecule has 1 N–H and O–H groups in total. The smallest absolute Gasteiger partial charge is 0.248 e. The van der Waals surface area contributed by atoms with Crippen molar-refractivity contribution < 1.29 is 22.5 Å². The second-order valence-corrected chi connectivity index (χ2v) is 11.4. The minimum Gasteiger partial charge on any atom is -0.497 e. The summed E-state index contributed by atoms with van der Waals surface area (Å²) >= 11 is 0. The van der Waals surface area contributed by atoms with Crippen LogP contribution in [0.25, 0.3) is 0 Å². The standard InChI is InChI=1S/C25H37N5O5S/c1-19-24(20(2)35-27-19)36(32,33)30-13-4-6-21(18-30)25(31)26-11-5-12-28-14-16-29(17-15-28)22-7-9-23(34-3)10-8-22/h7-10,21H,4-6,11-18H2,1-3H3,(H,26,31)/t21-/m1/s1. The third kappa shape index (κ3) is 6.01. The van der Waals surface area contributed by atoms with Gasteiger partial charge in [-0.3, -0.25) is 9.69 Å². The largest absolute Gasteiger partial charge is 0.497 e. The van der Waals surface area contributed by atoms with E-state index in [1.807, 2.05) is 12.1 Å². The van der Waals surface area contributed by atoms with Crippen LogP contribution in [0.4, 0.5) is 5.69 Å². The monoisotopic (exact) mass is 519 g/mol. The molecule has 4 rings (SSSR count). The summed E-state index contributed by atoms with van der Waals surface area (Å²) in [6.45, 7) is 9.22. The SMILES string of the molecule is COc1ccc(N2CCN(CCCNC(=O)[C@@H]3CCCN(S(=O)(=O)c4c(C)noc4C)C3)CC2)cc1. The van der Waals surface area contributed by atoms with Gasteiger partial charge in [0.2, 0.25) is 15.9 Å². The average Bonchev–Trinajstić information content (AvgIpc) is 3.25. The van der Waals surface area contributed by atoms with Crippen molar-refractivity contribution in [1.29, 1.82) is 0 Å². The van der Waals surface area contributed by atoms with E-state index in [-0.39, 0.29) is 29.0 Å². The first-order valence-corrected chi connectivity index (χ1v) is 14.1. The highest BCUT2D eigenvalue weighted by Crippen LogP contribution is 2.28. The summed E-state index contributed by atoms with van der Waals surface area (Å²) in [5.74, 6) is 0.728. The molecule has 10 nitrogen and oxygen atoms in total. The number of piperazine rings is 1. The molecule has 0 unspecified atom stereocenters. The zero-order valence-electron chi connectivity index (χ0n) is 21.4. The van der Waals surface area contributed by atoms with Crippen molar-refractivity contribution >= 4 is 21.6 Å². The third-order valence-electron chi connectivity index (χ3n) is 7.08. The van der Waals surface area contributed by atoms with Gasteiger partial charge in [-0.25, -0.2) is 8.42 Å². The quantitative estimate of drug-likeness (QED) is 0.502. The molecule has 36 heavy (non-hydrogen) atoms. The van der Waals surface area contributed by atoms with Gasteiger partial charge < -0.3 is 19.5 Å². The van der Waals surface area contributed by atoms with Crippen LogP contribution in [0.5, 0.6) is 5.75 Å². The van der Waals surface area contributed by atoms with Crippen molar-refractivity contribution in [2.75, 3.05) is 64.4 Å². The number of carbonyl (C=O) groups excluding carboxylic acids is 1. The van der Waals surface area contributed by atoms with Crippen LogP contribution in [0.15, 0.2) is 33.7 Å². The number of amides is 1. The van der Waals surface area contributed by atoms with Crippen LogP contribution in [0.1, 0.15) is 30.7 Å². The molecule has 3 heterocycles. The maximum absolute atomic E-state index is 13.1. The Kier molecular flexibility index (Phi) is 8.53. The van der Waals surface area contributed by atoms with Crippen LogP contribution < -0.4 is 15.0 Å². The minimum atomic E-state index is -3.73. The van der Waals surface area contributed by atoms with E-state index >= 15 is 0 Å². The minimum absolute atomic E-state index is 0.0713. The maximum atomic E-state index is 13.1. The first-order chi connectivity index (χ1) is 17.3. The molecule has 198 valence electrons. The molecule has 11 heteroatoms. The van der Waals surface area contributed by atoms with E-state index in [9.17, 15) is 13.2 Å². The number of rotatable bonds is 9. The first kappa shape index (κ1) is 26.4. The number of methoxy groups -OCH3 is 1. The summed E-state index contributed by atoms with van der Waals surface area (Å²) in [5, 5.41) is 6.80. The number of hydrogen-bond donors (Lipinski definition) is 1. The number of carbonyl (C=O) groups is 1. The molecule has 2 aliphatic heterocycles. The molecule has 1 aromatic heterocycles. The highest BCUT2D eigenvalue weighted by atomic mass is 32.2. The lowest BCUT2D eigenvalue weighted by atomic mass is 9.99. The van der Waals surface area contributed by atoms with Crippen molar-refractivity contribution in [3.8, 4) is 5.75 Å². The van der Waals surface area contributed by atoms with E-state index in [1.165, 1.54) is 9.99 Å². The molecule has 1 aromatic carbocycles. The number of nitrogens with zero attached hydrogens (tertiary/aromatic N) is 4. The Hall–Kier alpha value is -2.63. The van der Waals surface area contributed by atoms with E-state index in [2.05, 4.69) is 32.4 Å². The summed E-state index contributed by atoms with van der Waals surface area (Å²) in [6, 6.07) is 8.16. The van der Waals surface area contributed by atoms with Gasteiger partial charge in [0.15, 0.2) is 5.76 Å². The van der Waals surface area contributed by atoms with Gasteiger partial charge in [0.05, 0.1) is 13.0 Å². The van der Waals surface area contributed by atoms with Crippen LogP contribution in [-0.2, 0) is 14.8 Å². The Balaban J connectivity index is 1.18. The molecule has 1 amide bonds. The van der Waals surface area contributed by atoms with Gasteiger partial charge in [-0.05, 0) is 63.9 Å². The number of aromatic nitrogens is 1. The number of nitrogens with one attached hydrogen (secondary N) is 1. The van der Waals surface area contributed by atoms with E-state index in [0.717, 1.165) is 44.9 Å². The van der Waals surface area contributed by atoms with Gasteiger partial charge in [0.1, 0.15) is 16.3 Å². The van der Waals surface area contributed by atoms with Crippen molar-refractivity contribution in [1.82, 2.24) is 19.7 Å². The fourth-order valence-electron chi connectivity index (χ4n) is 5.03. The van der Waals surface area contributed by atoms with Crippen molar-refractivity contribution in [3.63, 3.8) is 0 Å². The number of anilines is 1. The van der Waals surface area contributed by atoms with E-state index in [4.69, 9.17) is 9.26 Å². The van der Waals surface area contributed by atoms with Crippen molar-refractivity contribution in [3.05, 3.63) is 35.7 Å². The lowest BCUT2D eigenvalue weighted by Gasteiger charge is -2.36. The molecule has 2 saturated heterocycles. The maximum Gasteiger partial charge on any atom is 0.248 e. The molecule has 0 radical (unpaired) electrons.